The number of aliphatic carboxylic acids is 1. The van der Waals surface area contributed by atoms with E-state index in [1.165, 1.54) is 41.5 Å². The number of amides is 4. The number of nitrogens with one attached hydrogen (secondary N) is 4. The summed E-state index contributed by atoms with van der Waals surface area (Å²) in [6.07, 6.45) is 13.9. The van der Waals surface area contributed by atoms with Crippen LogP contribution in [0.5, 0.6) is 0 Å². The van der Waals surface area contributed by atoms with Crippen LogP contribution in [0.1, 0.15) is 168 Å². The molecule has 766 valence electrons. The summed E-state index contributed by atoms with van der Waals surface area (Å²) in [6.45, 7) is 34.0. The highest BCUT2D eigenvalue weighted by Crippen LogP contribution is 2.31. The van der Waals surface area contributed by atoms with Gasteiger partial charge in [-0.1, -0.05) is 521 Å². The number of nitrogens with zero attached hydrogens (tertiary/aromatic N) is 3. The summed E-state index contributed by atoms with van der Waals surface area (Å²) in [6, 6.07) is 147. The number of hydrogen-bond donors (Lipinski definition) is 6. The van der Waals surface area contributed by atoms with Gasteiger partial charge in [0.05, 0.1) is 0 Å². The minimum atomic E-state index is -2.80. The van der Waals surface area contributed by atoms with Crippen LogP contribution in [0.15, 0.2) is 468 Å². The normalized spacial score (nSPS) is 12.4. The number of hydrogen-bond acceptors (Lipinski definition) is 7. The summed E-state index contributed by atoms with van der Waals surface area (Å²) < 4.78 is 0. The Morgan fingerprint density at radius 1 is 0.291 bits per heavy atom. The van der Waals surface area contributed by atoms with E-state index in [0.717, 1.165) is 79.9 Å². The van der Waals surface area contributed by atoms with E-state index in [1.807, 2.05) is 224 Å². The highest BCUT2D eigenvalue weighted by atomic mass is 28.3. The van der Waals surface area contributed by atoms with Crippen molar-refractivity contribution < 1.29 is 29.1 Å². The van der Waals surface area contributed by atoms with Gasteiger partial charge in [-0.3, -0.25) is 24.0 Å². The molecule has 148 heavy (non-hydrogen) atoms. The Balaban J connectivity index is 0.000000191. The zero-order chi connectivity index (χ0) is 106. The number of rotatable bonds is 47. The van der Waals surface area contributed by atoms with E-state index >= 15 is 0 Å². The fourth-order valence-corrected chi connectivity index (χ4v) is 47.9. The third kappa shape index (κ3) is 32.0. The van der Waals surface area contributed by atoms with Gasteiger partial charge in [-0.05, 0) is 159 Å². The van der Waals surface area contributed by atoms with Gasteiger partial charge in [0.1, 0.15) is 32.3 Å². The molecule has 7 N–H and O–H groups in total. The Kier molecular flexibility index (Phi) is 47.3. The monoisotopic (exact) mass is 2050 g/mol. The zero-order valence-electron chi connectivity index (χ0n) is 88.3. The molecule has 0 aliphatic heterocycles. The van der Waals surface area contributed by atoms with E-state index < -0.39 is 46.3 Å². The van der Waals surface area contributed by atoms with Crippen LogP contribution < -0.4 is 78.9 Å². The lowest BCUT2D eigenvalue weighted by molar-refractivity contribution is -0.136. The number of nitrogens with two attached hydrogens (primary N) is 1. The quantitative estimate of drug-likeness (QED) is 0.00710. The molecule has 0 fully saturated rings. The van der Waals surface area contributed by atoms with E-state index in [2.05, 4.69) is 339 Å². The average Bonchev–Trinajstić information content (AvgIpc) is 0.773. The van der Waals surface area contributed by atoms with Crippen molar-refractivity contribution in [1.29, 1.82) is 0 Å². The molecule has 0 radical (unpaired) electrons. The van der Waals surface area contributed by atoms with Crippen LogP contribution in [-0.4, -0.2) is 110 Å². The number of carbonyl (C=O) groups is 5. The molecule has 0 saturated heterocycles. The third-order valence-electron chi connectivity index (χ3n) is 28.2. The molecule has 0 heterocycles. The second-order valence-electron chi connectivity index (χ2n) is 40.6. The number of allylic oxidation sites excluding steroid dienone is 3. The standard InChI is InChI=1S/C32H34N2O2Si.C28H33NOSi.C27H31NO3Si.C21H27N3Si.C21H29NSi/c1-25(2)23-30(34-32(36)27-17-9-4-10-18-27)37(28-19-11-5-12-20-28,29-21-13-6-14-22-29)24-33-31(35)26-15-7-3-8-16-26;1-4-5-21-31(25-17-11-7-12-18-25,26-19-13-8-14-20-26)27(22-23(2)3)29-28(30)24-15-9-6-10-16-24;1-21(2)20-25(28-27(31)22-12-6-3-7-13-22)32(19-18-26(29)30,23-14-8-4-9-15-23)24-16-10-5-11-17-24;1-4-5-16-25(19-12-8-6-9-13-19,20-14-10-7-11-15-20)21(23-24-22)17-18(2)3;1-4-5-16-23(21(22)17-18(2)3,19-12-8-6-9-13-19)20-14-10-7-11-15-20/h3-22,25,30H,23-24H2,1-2H3,(H,33,35)(H,34,36);4,6-20,23,27H,1,5,21-22H2,2-3H3,(H,29,30);3-17,21,25H,18-20H2,1-2H3,(H,28,31)(H,29,30);4,6-15,18,21H,1,5,16-17H2,2-3H3;4,6-15,18,21H,1,5,16-17,22H2,2-3H3. The molecule has 0 spiro atoms. The average molecular weight is 2050 g/mol. The van der Waals surface area contributed by atoms with E-state index in [0.29, 0.717) is 64.1 Å². The highest BCUT2D eigenvalue weighted by Gasteiger charge is 2.51. The highest BCUT2D eigenvalue weighted by molar-refractivity contribution is 7.06. The molecule has 14 nitrogen and oxygen atoms in total. The maximum absolute atomic E-state index is 13.5. The first-order valence-electron chi connectivity index (χ1n) is 52.6. The maximum Gasteiger partial charge on any atom is 0.303 e. The Morgan fingerprint density at radius 2 is 0.493 bits per heavy atom. The molecule has 0 aliphatic rings. The third-order valence-corrected chi connectivity index (χ3v) is 54.5. The van der Waals surface area contributed by atoms with Crippen molar-refractivity contribution in [2.75, 3.05) is 6.17 Å². The molecule has 14 aromatic carbocycles. The molecule has 14 aromatic rings. The predicted octanol–water partition coefficient (Wildman–Crippen LogP) is 22.7. The lowest BCUT2D eigenvalue weighted by Gasteiger charge is -2.41. The zero-order valence-corrected chi connectivity index (χ0v) is 93.3. The molecule has 0 aromatic heterocycles. The molecule has 14 rings (SSSR count). The van der Waals surface area contributed by atoms with Gasteiger partial charge in [0.25, 0.3) is 23.6 Å². The lowest BCUT2D eigenvalue weighted by Crippen LogP contribution is -2.76. The molecule has 19 heteroatoms. The van der Waals surface area contributed by atoms with Gasteiger partial charge < -0.3 is 32.1 Å². The second-order valence-corrected chi connectivity index (χ2v) is 61.9. The SMILES string of the molecule is C=CCC[Si](c1ccccc1)(c1ccccc1)C(CC(C)C)N=[N+]=[N-].C=CCC[Si](c1ccccc1)(c1ccccc1)C(CC(C)C)NC(=O)c1ccccc1.C=CCC[Si](c1ccccc1)(c1ccccc1)C(N)CC(C)C.CC(C)CC(NC(=O)c1ccccc1)[Si](CCC(=O)O)(c1ccccc1)c1ccccc1.CC(C)CC(NC(=O)c1ccccc1)[Si](CNC(=O)c1ccccc1)(c1ccccc1)c1ccccc1. The summed E-state index contributed by atoms with van der Waals surface area (Å²) in [7, 11) is -12.2. The number of benzene rings is 14. The molecule has 5 unspecified atom stereocenters. The first-order valence-corrected chi connectivity index (χ1v) is 64.0. The first-order chi connectivity index (χ1) is 71.8. The van der Waals surface area contributed by atoms with Crippen molar-refractivity contribution in [3.05, 3.63) is 495 Å². The van der Waals surface area contributed by atoms with E-state index in [-0.39, 0.29) is 58.4 Å². The number of carbonyl (C=O) groups excluding carboxylic acids is 4. The van der Waals surface area contributed by atoms with Crippen LogP contribution in [-0.2, 0) is 4.79 Å². The maximum atomic E-state index is 13.5. The predicted molar refractivity (Wildman–Crippen MR) is 636 cm³/mol. The van der Waals surface area contributed by atoms with Gasteiger partial charge >= 0.3 is 5.97 Å². The van der Waals surface area contributed by atoms with Gasteiger partial charge in [-0.25, -0.2) is 0 Å². The number of carboxylic acid groups (broad SMARTS) is 1. The fourth-order valence-electron chi connectivity index (χ4n) is 21.2. The van der Waals surface area contributed by atoms with Crippen LogP contribution in [0.2, 0.25) is 24.2 Å². The summed E-state index contributed by atoms with van der Waals surface area (Å²) in [5, 5.41) is 40.5. The van der Waals surface area contributed by atoms with Crippen molar-refractivity contribution in [2.45, 2.75) is 180 Å². The Labute approximate surface area is 887 Å². The van der Waals surface area contributed by atoms with Crippen molar-refractivity contribution in [3.8, 4) is 0 Å². The van der Waals surface area contributed by atoms with E-state index in [1.54, 1.807) is 0 Å². The summed E-state index contributed by atoms with van der Waals surface area (Å²) in [5.41, 5.74) is 18.7. The number of azide groups is 1. The lowest BCUT2D eigenvalue weighted by atomic mass is 10.1. The van der Waals surface area contributed by atoms with Crippen LogP contribution in [0, 0.1) is 29.6 Å². The Morgan fingerprint density at radius 3 is 0.730 bits per heavy atom. The molecule has 5 atom stereocenters. The van der Waals surface area contributed by atoms with Crippen LogP contribution in [0.3, 0.4) is 0 Å². The molecular formula is C129H154N8O6Si5. The smallest absolute Gasteiger partial charge is 0.303 e. The van der Waals surface area contributed by atoms with Crippen molar-refractivity contribution in [3.63, 3.8) is 0 Å². The topological polar surface area (TPSA) is 228 Å². The van der Waals surface area contributed by atoms with Gasteiger partial charge in [0.2, 0.25) is 0 Å². The first kappa shape index (κ1) is 116. The number of carboxylic acids is 1. The fraction of sp³-hybridized carbons (Fsp3) is 0.264. The van der Waals surface area contributed by atoms with Gasteiger partial charge in [-0.15, -0.1) is 19.7 Å². The summed E-state index contributed by atoms with van der Waals surface area (Å²) in [5.74, 6) is 1.09. The van der Waals surface area contributed by atoms with Crippen molar-refractivity contribution in [1.82, 2.24) is 21.3 Å². The van der Waals surface area contributed by atoms with Gasteiger partial charge in [0.15, 0.2) is 8.07 Å². The summed E-state index contributed by atoms with van der Waals surface area (Å²) >= 11 is 0. The minimum absolute atomic E-state index is 0.00795. The molecular weight excluding hydrogens is 1900 g/mol. The largest absolute Gasteiger partial charge is 0.481 e. The molecule has 0 aliphatic carbocycles. The Hall–Kier alpha value is -14.0. The Bertz CT molecular complexity index is 6120. The van der Waals surface area contributed by atoms with Gasteiger partial charge in [-0.2, -0.15) is 0 Å². The van der Waals surface area contributed by atoms with Crippen LogP contribution >= 0.6 is 0 Å². The molecule has 4 amide bonds. The van der Waals surface area contributed by atoms with Crippen molar-refractivity contribution in [2.24, 2.45) is 40.4 Å². The van der Waals surface area contributed by atoms with Crippen LogP contribution in [0.4, 0.5) is 0 Å². The molecule has 0 saturated carbocycles. The van der Waals surface area contributed by atoms with Gasteiger partial charge in [0, 0.05) is 68.1 Å². The van der Waals surface area contributed by atoms with Crippen molar-refractivity contribution >= 4 is 122 Å². The van der Waals surface area contributed by atoms with E-state index in [9.17, 15) is 34.6 Å². The molecule has 0 bridgehead atoms. The minimum Gasteiger partial charge on any atom is -0.481 e. The van der Waals surface area contributed by atoms with E-state index in [4.69, 9.17) is 5.73 Å². The van der Waals surface area contributed by atoms with Crippen LogP contribution in [0.25, 0.3) is 10.4 Å². The second kappa shape index (κ2) is 60.3. The summed E-state index contributed by atoms with van der Waals surface area (Å²) in [4.78, 5) is 68.4.